The maximum atomic E-state index is 13.1. The SMILES string of the molecule is CC#CC#CC#CC(Oc1ccc(C(C)(C)CC)cc1C(C)(C)CC)C(=O)n1ccnc1. The van der Waals surface area contributed by atoms with E-state index in [2.05, 4.69) is 94.2 Å². The molecule has 0 fully saturated rings. The maximum Gasteiger partial charge on any atom is 0.285 e. The Labute approximate surface area is 192 Å². The van der Waals surface area contributed by atoms with Gasteiger partial charge in [-0.3, -0.25) is 9.36 Å². The van der Waals surface area contributed by atoms with Gasteiger partial charge in [0, 0.05) is 18.0 Å². The van der Waals surface area contributed by atoms with Crippen molar-refractivity contribution in [2.45, 2.75) is 78.2 Å². The zero-order valence-electron chi connectivity index (χ0n) is 20.2. The highest BCUT2D eigenvalue weighted by Crippen LogP contribution is 2.38. The largest absolute Gasteiger partial charge is 0.467 e. The first-order chi connectivity index (χ1) is 15.2. The molecule has 4 nitrogen and oxygen atoms in total. The molecule has 0 aliphatic carbocycles. The van der Waals surface area contributed by atoms with Gasteiger partial charge in [-0.25, -0.2) is 4.98 Å². The number of hydrogen-bond donors (Lipinski definition) is 0. The van der Waals surface area contributed by atoms with Crippen LogP contribution < -0.4 is 4.74 Å². The van der Waals surface area contributed by atoms with Crippen molar-refractivity contribution in [2.24, 2.45) is 0 Å². The Hall–Kier alpha value is -3.42. The minimum atomic E-state index is -1.02. The lowest BCUT2D eigenvalue weighted by atomic mass is 9.76. The van der Waals surface area contributed by atoms with Crippen LogP contribution in [0.25, 0.3) is 0 Å². The fourth-order valence-electron chi connectivity index (χ4n) is 3.00. The molecule has 0 radical (unpaired) electrons. The summed E-state index contributed by atoms with van der Waals surface area (Å²) in [6, 6.07) is 6.26. The number of benzene rings is 1. The Morgan fingerprint density at radius 3 is 2.34 bits per heavy atom. The van der Waals surface area contributed by atoms with Crippen LogP contribution in [0.1, 0.15) is 77.2 Å². The molecule has 0 spiro atoms. The average molecular weight is 429 g/mol. The van der Waals surface area contributed by atoms with Gasteiger partial charge in [0.05, 0.1) is 0 Å². The van der Waals surface area contributed by atoms with Crippen LogP contribution in [0.15, 0.2) is 36.9 Å². The predicted octanol–water partition coefficient (Wildman–Crippen LogP) is 5.38. The Balaban J connectivity index is 2.54. The lowest BCUT2D eigenvalue weighted by Crippen LogP contribution is -2.31. The number of nitrogens with zero attached hydrogens (tertiary/aromatic N) is 2. The normalized spacial score (nSPS) is 11.7. The number of imidazole rings is 1. The van der Waals surface area contributed by atoms with Gasteiger partial charge in [-0.15, -0.1) is 0 Å². The Bertz CT molecular complexity index is 1120. The summed E-state index contributed by atoms with van der Waals surface area (Å²) in [5.74, 6) is 16.5. The Morgan fingerprint density at radius 1 is 1.06 bits per heavy atom. The molecule has 166 valence electrons. The molecule has 0 saturated heterocycles. The molecule has 0 bridgehead atoms. The number of carbonyl (C=O) groups is 1. The van der Waals surface area contributed by atoms with E-state index in [4.69, 9.17) is 4.74 Å². The van der Waals surface area contributed by atoms with E-state index in [9.17, 15) is 4.79 Å². The third kappa shape index (κ3) is 6.06. The maximum absolute atomic E-state index is 13.1. The zero-order valence-corrected chi connectivity index (χ0v) is 20.2. The van der Waals surface area contributed by atoms with Gasteiger partial charge >= 0.3 is 0 Å². The van der Waals surface area contributed by atoms with Crippen molar-refractivity contribution in [1.82, 2.24) is 9.55 Å². The molecular weight excluding hydrogens is 396 g/mol. The van der Waals surface area contributed by atoms with Crippen LogP contribution in [0.5, 0.6) is 5.75 Å². The second-order valence-corrected chi connectivity index (χ2v) is 8.89. The van der Waals surface area contributed by atoms with Crippen molar-refractivity contribution in [3.8, 4) is 41.3 Å². The van der Waals surface area contributed by atoms with Gasteiger partial charge in [-0.2, -0.15) is 0 Å². The number of aromatic nitrogens is 2. The van der Waals surface area contributed by atoms with E-state index in [0.29, 0.717) is 5.75 Å². The van der Waals surface area contributed by atoms with Crippen molar-refractivity contribution >= 4 is 5.91 Å². The predicted molar refractivity (Wildman–Crippen MR) is 129 cm³/mol. The summed E-state index contributed by atoms with van der Waals surface area (Å²) >= 11 is 0. The lowest BCUT2D eigenvalue weighted by molar-refractivity contribution is 0.0770. The van der Waals surface area contributed by atoms with E-state index in [-0.39, 0.29) is 16.7 Å². The van der Waals surface area contributed by atoms with Crippen molar-refractivity contribution in [3.05, 3.63) is 48.0 Å². The van der Waals surface area contributed by atoms with Gasteiger partial charge in [-0.05, 0) is 71.8 Å². The molecule has 1 aromatic carbocycles. The Morgan fingerprint density at radius 2 is 1.75 bits per heavy atom. The number of hydrogen-bond acceptors (Lipinski definition) is 3. The van der Waals surface area contributed by atoms with Crippen molar-refractivity contribution < 1.29 is 9.53 Å². The summed E-state index contributed by atoms with van der Waals surface area (Å²) in [7, 11) is 0. The quantitative estimate of drug-likeness (QED) is 0.557. The highest BCUT2D eigenvalue weighted by atomic mass is 16.5. The third-order valence-electron chi connectivity index (χ3n) is 6.00. The molecule has 0 amide bonds. The van der Waals surface area contributed by atoms with Crippen LogP contribution >= 0.6 is 0 Å². The second kappa shape index (κ2) is 10.7. The molecule has 0 N–H and O–H groups in total. The molecule has 0 aliphatic rings. The van der Waals surface area contributed by atoms with E-state index in [0.717, 1.165) is 18.4 Å². The topological polar surface area (TPSA) is 44.1 Å². The summed E-state index contributed by atoms with van der Waals surface area (Å²) in [5, 5.41) is 0. The van der Waals surface area contributed by atoms with Gasteiger partial charge in [-0.1, -0.05) is 59.6 Å². The van der Waals surface area contributed by atoms with Gasteiger partial charge in [0.25, 0.3) is 5.91 Å². The molecule has 2 rings (SSSR count). The third-order valence-corrected chi connectivity index (χ3v) is 6.00. The first-order valence-corrected chi connectivity index (χ1v) is 10.9. The minimum absolute atomic E-state index is 0.0405. The molecule has 1 unspecified atom stereocenters. The number of ether oxygens (including phenoxy) is 1. The van der Waals surface area contributed by atoms with Crippen LogP contribution in [0.2, 0.25) is 0 Å². The number of rotatable bonds is 7. The number of carbonyl (C=O) groups excluding carboxylic acids is 1. The van der Waals surface area contributed by atoms with Crippen LogP contribution in [0.3, 0.4) is 0 Å². The molecule has 32 heavy (non-hydrogen) atoms. The summed E-state index contributed by atoms with van der Waals surface area (Å²) in [5.41, 5.74) is 2.21. The highest BCUT2D eigenvalue weighted by Gasteiger charge is 2.29. The van der Waals surface area contributed by atoms with Gasteiger partial charge < -0.3 is 4.74 Å². The molecule has 1 heterocycles. The first-order valence-electron chi connectivity index (χ1n) is 10.9. The molecule has 1 aromatic heterocycles. The van der Waals surface area contributed by atoms with Crippen molar-refractivity contribution in [2.75, 3.05) is 0 Å². The van der Waals surface area contributed by atoms with E-state index >= 15 is 0 Å². The van der Waals surface area contributed by atoms with Gasteiger partial charge in [0.15, 0.2) is 0 Å². The fourth-order valence-corrected chi connectivity index (χ4v) is 3.00. The molecular formula is C28H32N2O2. The molecule has 2 aromatic rings. The molecule has 4 heteroatoms. The second-order valence-electron chi connectivity index (χ2n) is 8.89. The summed E-state index contributed by atoms with van der Waals surface area (Å²) in [4.78, 5) is 17.0. The van der Waals surface area contributed by atoms with Crippen molar-refractivity contribution in [3.63, 3.8) is 0 Å². The van der Waals surface area contributed by atoms with E-state index in [1.807, 2.05) is 6.07 Å². The average Bonchev–Trinajstić information content (AvgIpc) is 3.32. The van der Waals surface area contributed by atoms with Crippen LogP contribution in [-0.2, 0) is 10.8 Å². The van der Waals surface area contributed by atoms with E-state index < -0.39 is 6.10 Å². The fraction of sp³-hybridized carbons (Fsp3) is 0.429. The summed E-state index contributed by atoms with van der Waals surface area (Å²) < 4.78 is 7.62. The van der Waals surface area contributed by atoms with Gasteiger partial charge in [0.2, 0.25) is 6.10 Å². The molecule has 1 atom stereocenters. The van der Waals surface area contributed by atoms with Crippen LogP contribution in [0, 0.1) is 35.5 Å². The first kappa shape index (κ1) is 24.8. The van der Waals surface area contributed by atoms with Crippen LogP contribution in [0.4, 0.5) is 0 Å². The van der Waals surface area contributed by atoms with E-state index in [1.54, 1.807) is 19.3 Å². The zero-order chi connectivity index (χ0) is 23.8. The molecule has 0 saturated carbocycles. The summed E-state index contributed by atoms with van der Waals surface area (Å²) in [6.45, 7) is 14.9. The minimum Gasteiger partial charge on any atom is -0.467 e. The van der Waals surface area contributed by atoms with Gasteiger partial charge in [0.1, 0.15) is 12.1 Å². The molecule has 0 aliphatic heterocycles. The van der Waals surface area contributed by atoms with E-state index in [1.165, 1.54) is 16.5 Å². The standard InChI is InChI=1S/C28H32N2O2/c1-8-11-12-13-14-15-25(26(31)30-19-18-29-21-30)32-24-17-16-22(27(4,5)9-2)20-23(24)28(6,7)10-3/h16-21,25H,9-10H2,1-7H3. The monoisotopic (exact) mass is 428 g/mol. The summed E-state index contributed by atoms with van der Waals surface area (Å²) in [6.07, 6.45) is 5.49. The van der Waals surface area contributed by atoms with Crippen molar-refractivity contribution in [1.29, 1.82) is 0 Å². The smallest absolute Gasteiger partial charge is 0.285 e. The van der Waals surface area contributed by atoms with Crippen LogP contribution in [-0.4, -0.2) is 21.6 Å². The lowest BCUT2D eigenvalue weighted by Gasteiger charge is -2.31. The Kier molecular flexibility index (Phi) is 8.34. The highest BCUT2D eigenvalue weighted by molar-refractivity contribution is 5.86.